The van der Waals surface area contributed by atoms with E-state index < -0.39 is 27.8 Å². The predicted octanol–water partition coefficient (Wildman–Crippen LogP) is 6.23. The van der Waals surface area contributed by atoms with Crippen LogP contribution in [0.3, 0.4) is 0 Å². The molecule has 9 heteroatoms. The Balaban J connectivity index is 2.83. The largest absolute Gasteiger partial charge is 0.591 e. The zero-order valence-electron chi connectivity index (χ0n) is 16.1. The zero-order chi connectivity index (χ0) is 22.0. The molecule has 0 spiro atoms. The van der Waals surface area contributed by atoms with Crippen LogP contribution in [0.2, 0.25) is 5.02 Å². The lowest BCUT2D eigenvalue weighted by molar-refractivity contribution is -0.137. The molecule has 1 atom stereocenters. The molecule has 0 amide bonds. The van der Waals surface area contributed by atoms with E-state index in [9.17, 15) is 17.7 Å². The SMILES string of the molecule is COC(=S)c1ccccc1-c1c(/C=N/[S+]([O-])C(C)(C)C)cc(Cl)cc1C(F)(F)F. The fraction of sp³-hybridized carbons (Fsp3) is 0.300. The van der Waals surface area contributed by atoms with Crippen molar-refractivity contribution < 1.29 is 22.5 Å². The number of halogens is 4. The summed E-state index contributed by atoms with van der Waals surface area (Å²) >= 11 is 9.46. The number of hydrogen-bond acceptors (Lipinski definition) is 4. The molecule has 0 aromatic heterocycles. The average molecular weight is 462 g/mol. The summed E-state index contributed by atoms with van der Waals surface area (Å²) < 4.78 is 62.3. The summed E-state index contributed by atoms with van der Waals surface area (Å²) in [6.45, 7) is 5.15. The molecule has 0 bridgehead atoms. The molecule has 0 aliphatic heterocycles. The molecule has 2 aromatic carbocycles. The lowest BCUT2D eigenvalue weighted by Crippen LogP contribution is -2.25. The summed E-state index contributed by atoms with van der Waals surface area (Å²) in [5.74, 6) is 0. The third-order valence-corrected chi connectivity index (χ3v) is 5.80. The van der Waals surface area contributed by atoms with Gasteiger partial charge in [0.25, 0.3) is 0 Å². The molecular weight excluding hydrogens is 443 g/mol. The van der Waals surface area contributed by atoms with E-state index >= 15 is 0 Å². The number of nitrogens with zero attached hydrogens (tertiary/aromatic N) is 1. The van der Waals surface area contributed by atoms with Gasteiger partial charge in [0.1, 0.15) is 16.1 Å². The van der Waals surface area contributed by atoms with Gasteiger partial charge in [0, 0.05) is 21.7 Å². The molecule has 1 unspecified atom stereocenters. The van der Waals surface area contributed by atoms with E-state index in [0.717, 1.165) is 12.3 Å². The van der Waals surface area contributed by atoms with Gasteiger partial charge in [-0.1, -0.05) is 34.2 Å². The van der Waals surface area contributed by atoms with Crippen molar-refractivity contribution in [3.8, 4) is 11.1 Å². The summed E-state index contributed by atoms with van der Waals surface area (Å²) in [5.41, 5.74) is -0.490. The van der Waals surface area contributed by atoms with Gasteiger partial charge in [-0.3, -0.25) is 0 Å². The van der Waals surface area contributed by atoms with Crippen molar-refractivity contribution in [1.82, 2.24) is 0 Å². The Morgan fingerprint density at radius 2 is 1.83 bits per heavy atom. The van der Waals surface area contributed by atoms with Crippen molar-refractivity contribution in [3.05, 3.63) is 58.1 Å². The van der Waals surface area contributed by atoms with Crippen molar-refractivity contribution in [2.24, 2.45) is 4.40 Å². The molecule has 2 aromatic rings. The van der Waals surface area contributed by atoms with Gasteiger partial charge < -0.3 is 9.29 Å². The molecule has 0 radical (unpaired) electrons. The number of thiocarbonyl (C=S) groups is 1. The minimum Gasteiger partial charge on any atom is -0.591 e. The monoisotopic (exact) mass is 461 g/mol. The van der Waals surface area contributed by atoms with E-state index in [-0.39, 0.29) is 26.8 Å². The quantitative estimate of drug-likeness (QED) is 0.308. The van der Waals surface area contributed by atoms with Crippen LogP contribution in [0.15, 0.2) is 40.8 Å². The maximum Gasteiger partial charge on any atom is 0.417 e. The summed E-state index contributed by atoms with van der Waals surface area (Å²) in [4.78, 5) is 0. The number of ether oxygens (including phenoxy) is 1. The Kier molecular flexibility index (Phi) is 7.37. The van der Waals surface area contributed by atoms with Crippen LogP contribution in [0.1, 0.15) is 37.5 Å². The second-order valence-electron chi connectivity index (χ2n) is 7.05. The van der Waals surface area contributed by atoms with E-state index in [1.54, 1.807) is 39.0 Å². The Morgan fingerprint density at radius 1 is 1.21 bits per heavy atom. The smallest absolute Gasteiger partial charge is 0.417 e. The van der Waals surface area contributed by atoms with E-state index in [1.807, 2.05) is 0 Å². The summed E-state index contributed by atoms with van der Waals surface area (Å²) in [7, 11) is 1.35. The van der Waals surface area contributed by atoms with Gasteiger partial charge in [0.2, 0.25) is 0 Å². The fourth-order valence-corrected chi connectivity index (χ4v) is 3.44. The lowest BCUT2D eigenvalue weighted by Gasteiger charge is -2.20. The minimum atomic E-state index is -4.69. The van der Waals surface area contributed by atoms with Crippen LogP contribution in [0.25, 0.3) is 11.1 Å². The van der Waals surface area contributed by atoms with E-state index in [4.69, 9.17) is 28.6 Å². The molecule has 0 fully saturated rings. The highest BCUT2D eigenvalue weighted by Gasteiger charge is 2.36. The average Bonchev–Trinajstić information content (AvgIpc) is 2.63. The predicted molar refractivity (Wildman–Crippen MR) is 116 cm³/mol. The molecule has 0 aliphatic rings. The van der Waals surface area contributed by atoms with E-state index in [2.05, 4.69) is 4.40 Å². The number of alkyl halides is 3. The topological polar surface area (TPSA) is 44.6 Å². The van der Waals surface area contributed by atoms with Crippen LogP contribution in [0, 0.1) is 0 Å². The fourth-order valence-electron chi connectivity index (χ4n) is 2.51. The molecule has 0 saturated carbocycles. The van der Waals surface area contributed by atoms with Gasteiger partial charge in [0.15, 0.2) is 5.05 Å². The Bertz CT molecular complexity index is 940. The molecule has 0 N–H and O–H groups in total. The molecular formula is C20H19ClF3NO2S2. The van der Waals surface area contributed by atoms with Crippen LogP contribution in [-0.4, -0.2) is 27.7 Å². The highest BCUT2D eigenvalue weighted by molar-refractivity contribution is 7.91. The molecule has 156 valence electrons. The van der Waals surface area contributed by atoms with Crippen LogP contribution >= 0.6 is 23.8 Å². The molecule has 0 aliphatic carbocycles. The number of rotatable bonds is 4. The van der Waals surface area contributed by atoms with E-state index in [0.29, 0.717) is 5.56 Å². The van der Waals surface area contributed by atoms with E-state index in [1.165, 1.54) is 19.2 Å². The van der Waals surface area contributed by atoms with Crippen LogP contribution in [-0.2, 0) is 22.3 Å². The Hall–Kier alpha value is -1.61. The first kappa shape index (κ1) is 23.7. The molecule has 0 saturated heterocycles. The van der Waals surface area contributed by atoms with Gasteiger partial charge in [-0.2, -0.15) is 13.2 Å². The molecule has 29 heavy (non-hydrogen) atoms. The van der Waals surface area contributed by atoms with Crippen LogP contribution < -0.4 is 0 Å². The maximum absolute atomic E-state index is 13.9. The minimum absolute atomic E-state index is 0.0461. The third kappa shape index (κ3) is 5.72. The van der Waals surface area contributed by atoms with Crippen LogP contribution in [0.4, 0.5) is 13.2 Å². The Labute approximate surface area is 181 Å². The number of hydrogen-bond donors (Lipinski definition) is 0. The first-order chi connectivity index (χ1) is 13.4. The van der Waals surface area contributed by atoms with Gasteiger partial charge in [-0.15, -0.1) is 0 Å². The third-order valence-electron chi connectivity index (χ3n) is 3.85. The van der Waals surface area contributed by atoms with Crippen molar-refractivity contribution in [2.45, 2.75) is 31.7 Å². The Morgan fingerprint density at radius 3 is 2.38 bits per heavy atom. The summed E-state index contributed by atoms with van der Waals surface area (Å²) in [5, 5.41) is -0.0688. The number of benzene rings is 2. The van der Waals surface area contributed by atoms with Crippen molar-refractivity contribution in [2.75, 3.05) is 7.11 Å². The van der Waals surface area contributed by atoms with Gasteiger partial charge in [0.05, 0.1) is 18.9 Å². The lowest BCUT2D eigenvalue weighted by atomic mass is 9.91. The normalized spacial score (nSPS) is 13.6. The van der Waals surface area contributed by atoms with Crippen molar-refractivity contribution in [1.29, 1.82) is 0 Å². The second-order valence-corrected chi connectivity index (χ2v) is 9.79. The highest BCUT2D eigenvalue weighted by atomic mass is 35.5. The second kappa shape index (κ2) is 9.04. The van der Waals surface area contributed by atoms with Crippen LogP contribution in [0.5, 0.6) is 0 Å². The van der Waals surface area contributed by atoms with Gasteiger partial charge >= 0.3 is 6.18 Å². The zero-order valence-corrected chi connectivity index (χ0v) is 18.5. The van der Waals surface area contributed by atoms with Gasteiger partial charge in [-0.05, 0) is 56.8 Å². The number of methoxy groups -OCH3 is 1. The standard InChI is InChI=1S/C20H19ClF3NO2S2/c1-19(2,3)29(26)25-11-12-9-13(21)10-16(20(22,23)24)17(12)14-7-5-6-8-15(14)18(28)27-4/h5-11H,1-4H3/b25-11+. The van der Waals surface area contributed by atoms with Crippen molar-refractivity contribution >= 4 is 46.4 Å². The van der Waals surface area contributed by atoms with Crippen molar-refractivity contribution in [3.63, 3.8) is 0 Å². The molecule has 0 heterocycles. The summed E-state index contributed by atoms with van der Waals surface area (Å²) in [6, 6.07) is 8.53. The highest BCUT2D eigenvalue weighted by Crippen LogP contribution is 2.41. The molecule has 3 nitrogen and oxygen atoms in total. The first-order valence-corrected chi connectivity index (χ1v) is 10.3. The molecule has 2 rings (SSSR count). The maximum atomic E-state index is 13.9. The van der Waals surface area contributed by atoms with Gasteiger partial charge in [-0.25, -0.2) is 0 Å². The first-order valence-electron chi connectivity index (χ1n) is 8.40. The summed E-state index contributed by atoms with van der Waals surface area (Å²) in [6.07, 6.45) is -3.53.